The van der Waals surface area contributed by atoms with Crippen LogP contribution in [0.4, 0.5) is 4.79 Å². The molecule has 0 aromatic heterocycles. The number of carbonyl (C=O) groups is 1. The zero-order valence-corrected chi connectivity index (χ0v) is 22.3. The summed E-state index contributed by atoms with van der Waals surface area (Å²) in [6.07, 6.45) is 25.1. The van der Waals surface area contributed by atoms with Gasteiger partial charge in [-0.3, -0.25) is 4.99 Å². The lowest BCUT2D eigenvalue weighted by atomic mass is 9.67. The summed E-state index contributed by atoms with van der Waals surface area (Å²) in [7, 11) is 0. The highest BCUT2D eigenvalue weighted by Crippen LogP contribution is 2.64. The quantitative estimate of drug-likeness (QED) is 0.136. The van der Waals surface area contributed by atoms with E-state index in [1.165, 1.54) is 76.3 Å². The molecule has 1 aromatic rings. The average molecular weight is 504 g/mol. The minimum Gasteiger partial charge on any atom is -0.456 e. The van der Waals surface area contributed by atoms with E-state index in [-0.39, 0.29) is 5.41 Å². The van der Waals surface area contributed by atoms with E-state index in [0.717, 1.165) is 36.2 Å². The smallest absolute Gasteiger partial charge is 0.456 e. The van der Waals surface area contributed by atoms with Gasteiger partial charge in [0.25, 0.3) is 0 Å². The Morgan fingerprint density at radius 2 is 1.70 bits per heavy atom. The number of nitrogens with zero attached hydrogens (tertiary/aromatic N) is 1. The predicted octanol–water partition coefficient (Wildman–Crippen LogP) is 8.74. The number of unbranched alkanes of at least 4 members (excludes halogenated alkanes) is 12. The zero-order valence-electron chi connectivity index (χ0n) is 22.3. The lowest BCUT2D eigenvalue weighted by Crippen LogP contribution is -2.34. The summed E-state index contributed by atoms with van der Waals surface area (Å²) in [5.74, 6) is 2.25. The van der Waals surface area contributed by atoms with Crippen LogP contribution >= 0.6 is 0 Å². The molecule has 0 amide bonds. The highest BCUT2D eigenvalue weighted by molar-refractivity contribution is 6.06. The lowest BCUT2D eigenvalue weighted by Gasteiger charge is -2.33. The van der Waals surface area contributed by atoms with Gasteiger partial charge in [-0.1, -0.05) is 108 Å². The van der Waals surface area contributed by atoms with Gasteiger partial charge in [0.2, 0.25) is 0 Å². The molecule has 1 aromatic carbocycles. The molecule has 37 heavy (non-hydrogen) atoms. The van der Waals surface area contributed by atoms with Crippen LogP contribution in [-0.2, 0) is 10.2 Å². The molecule has 5 nitrogen and oxygen atoms in total. The van der Waals surface area contributed by atoms with Gasteiger partial charge in [0.15, 0.2) is 11.5 Å². The lowest BCUT2D eigenvalue weighted by molar-refractivity contribution is 0.0963. The second-order valence-electron chi connectivity index (χ2n) is 10.8. The second kappa shape index (κ2) is 12.1. The van der Waals surface area contributed by atoms with Crippen LogP contribution in [0, 0.1) is 5.92 Å². The number of para-hydroxylation sites is 1. The molecule has 2 aliphatic heterocycles. The Bertz CT molecular complexity index is 1100. The predicted molar refractivity (Wildman–Crippen MR) is 147 cm³/mol. The van der Waals surface area contributed by atoms with Gasteiger partial charge in [0.05, 0.1) is 12.0 Å². The molecule has 198 valence electrons. The van der Waals surface area contributed by atoms with Crippen molar-refractivity contribution in [3.63, 3.8) is 0 Å². The van der Waals surface area contributed by atoms with E-state index in [2.05, 4.69) is 24.1 Å². The number of hydrogen-bond acceptors (Lipinski definition) is 5. The monoisotopic (exact) mass is 503 g/mol. The molecule has 2 aliphatic carbocycles. The third-order valence-corrected chi connectivity index (χ3v) is 8.19. The number of ether oxygens (including phenoxy) is 3. The number of benzene rings is 1. The molecule has 4 aliphatic rings. The highest BCUT2D eigenvalue weighted by atomic mass is 16.7. The van der Waals surface area contributed by atoms with Crippen molar-refractivity contribution in [2.45, 2.75) is 102 Å². The number of allylic oxidation sites excluding steroid dienone is 4. The van der Waals surface area contributed by atoms with Crippen molar-refractivity contribution < 1.29 is 19.0 Å². The molecule has 0 N–H and O–H groups in total. The summed E-state index contributed by atoms with van der Waals surface area (Å²) in [5, 5.41) is 0. The van der Waals surface area contributed by atoms with Crippen molar-refractivity contribution in [3.05, 3.63) is 59.5 Å². The van der Waals surface area contributed by atoms with Crippen LogP contribution in [0.5, 0.6) is 11.5 Å². The molecule has 2 unspecified atom stereocenters. The van der Waals surface area contributed by atoms with Crippen molar-refractivity contribution in [1.82, 2.24) is 0 Å². The summed E-state index contributed by atoms with van der Waals surface area (Å²) >= 11 is 0. The molecular formula is C32H41NO4. The van der Waals surface area contributed by atoms with Crippen LogP contribution in [0.2, 0.25) is 0 Å². The first-order valence-electron chi connectivity index (χ1n) is 14.6. The summed E-state index contributed by atoms with van der Waals surface area (Å²) < 4.78 is 17.3. The van der Waals surface area contributed by atoms with Crippen molar-refractivity contribution in [3.8, 4) is 11.5 Å². The maximum atomic E-state index is 12.4. The molecule has 5 rings (SSSR count). The third kappa shape index (κ3) is 5.56. The van der Waals surface area contributed by atoms with E-state index in [9.17, 15) is 4.79 Å². The fourth-order valence-corrected chi connectivity index (χ4v) is 6.12. The van der Waals surface area contributed by atoms with Crippen LogP contribution < -0.4 is 9.47 Å². The SMILES string of the molecule is CCCCCCCCCCCCCCCOC(=O)Oc1cccc2c1OC1=CC=CC3=CN=C4CC4C312. The van der Waals surface area contributed by atoms with Crippen LogP contribution in [-0.4, -0.2) is 18.5 Å². The third-order valence-electron chi connectivity index (χ3n) is 8.19. The second-order valence-corrected chi connectivity index (χ2v) is 10.8. The molecule has 5 heteroatoms. The summed E-state index contributed by atoms with van der Waals surface area (Å²) in [6.45, 7) is 2.66. The average Bonchev–Trinajstić information content (AvgIpc) is 3.63. The minimum absolute atomic E-state index is 0.322. The van der Waals surface area contributed by atoms with Gasteiger partial charge in [-0.25, -0.2) is 4.79 Å². The van der Waals surface area contributed by atoms with Gasteiger partial charge < -0.3 is 14.2 Å². The number of aliphatic imine (C=N–C) groups is 1. The van der Waals surface area contributed by atoms with E-state index in [4.69, 9.17) is 14.2 Å². The number of hydrogen-bond donors (Lipinski definition) is 0. The molecule has 2 heterocycles. The van der Waals surface area contributed by atoms with Gasteiger partial charge in [0.1, 0.15) is 5.76 Å². The van der Waals surface area contributed by atoms with Gasteiger partial charge in [-0.2, -0.15) is 0 Å². The normalized spacial score (nSPS) is 22.0. The van der Waals surface area contributed by atoms with Gasteiger partial charge in [-0.15, -0.1) is 0 Å². The van der Waals surface area contributed by atoms with Crippen molar-refractivity contribution in [1.29, 1.82) is 0 Å². The van der Waals surface area contributed by atoms with E-state index < -0.39 is 6.16 Å². The van der Waals surface area contributed by atoms with Crippen LogP contribution in [0.15, 0.2) is 59.0 Å². The van der Waals surface area contributed by atoms with E-state index >= 15 is 0 Å². The van der Waals surface area contributed by atoms with Gasteiger partial charge in [0, 0.05) is 23.4 Å². The Hall–Kier alpha value is -2.82. The maximum absolute atomic E-state index is 12.4. The molecule has 1 saturated carbocycles. The molecule has 2 atom stereocenters. The number of rotatable bonds is 15. The fourth-order valence-electron chi connectivity index (χ4n) is 6.12. The number of carbonyl (C=O) groups excluding carboxylic acids is 1. The first-order valence-corrected chi connectivity index (χ1v) is 14.6. The topological polar surface area (TPSA) is 57.1 Å². The fraction of sp³-hybridized carbons (Fsp3) is 0.562. The van der Waals surface area contributed by atoms with Crippen LogP contribution in [0.1, 0.15) is 102 Å². The Balaban J connectivity index is 1.01. The first kappa shape index (κ1) is 25.8. The maximum Gasteiger partial charge on any atom is 0.513 e. The molecule has 0 saturated heterocycles. The van der Waals surface area contributed by atoms with Crippen molar-refractivity contribution in [2.75, 3.05) is 6.61 Å². The summed E-state index contributed by atoms with van der Waals surface area (Å²) in [6, 6.07) is 5.79. The van der Waals surface area contributed by atoms with Crippen molar-refractivity contribution >= 4 is 11.9 Å². The molecule has 1 spiro atoms. The molecular weight excluding hydrogens is 462 g/mol. The Morgan fingerprint density at radius 3 is 2.43 bits per heavy atom. The summed E-state index contributed by atoms with van der Waals surface area (Å²) in [4.78, 5) is 17.0. The Morgan fingerprint density at radius 1 is 1.00 bits per heavy atom. The van der Waals surface area contributed by atoms with Crippen LogP contribution in [0.3, 0.4) is 0 Å². The van der Waals surface area contributed by atoms with E-state index in [1.54, 1.807) is 6.07 Å². The molecule has 0 bridgehead atoms. The van der Waals surface area contributed by atoms with Gasteiger partial charge in [-0.05, 0) is 30.6 Å². The summed E-state index contributed by atoms with van der Waals surface area (Å²) in [5.41, 5.74) is 3.06. The minimum atomic E-state index is -0.663. The largest absolute Gasteiger partial charge is 0.513 e. The van der Waals surface area contributed by atoms with E-state index in [0.29, 0.717) is 24.0 Å². The Kier molecular flexibility index (Phi) is 8.48. The van der Waals surface area contributed by atoms with Crippen LogP contribution in [0.25, 0.3) is 0 Å². The van der Waals surface area contributed by atoms with E-state index in [1.807, 2.05) is 24.4 Å². The zero-order chi connectivity index (χ0) is 25.5. The van der Waals surface area contributed by atoms with Gasteiger partial charge >= 0.3 is 6.16 Å². The molecule has 0 radical (unpaired) electrons. The highest BCUT2D eigenvalue weighted by Gasteiger charge is 2.62. The number of fused-ring (bicyclic) bond motifs is 2. The first-order chi connectivity index (χ1) is 18.2. The van der Waals surface area contributed by atoms with Crippen molar-refractivity contribution in [2.24, 2.45) is 10.9 Å². The molecule has 1 fully saturated rings. The Labute approximate surface area is 221 Å². The standard InChI is InChI=1S/C32H41NO4/c1-2-3-4-5-6-7-8-9-10-11-12-13-14-21-35-31(34)36-28-19-16-18-25-30(28)37-29-20-15-17-24-23-33-27-22-26(27)32(24,25)29/h15-20,23,26H,2-14,21-22H2,1H3.